The first kappa shape index (κ1) is 20.5. The van der Waals surface area contributed by atoms with E-state index in [1.165, 1.54) is 0 Å². The highest BCUT2D eigenvalue weighted by atomic mass is 79.9. The lowest BCUT2D eigenvalue weighted by Gasteiger charge is -2.20. The van der Waals surface area contributed by atoms with Crippen LogP contribution in [0.25, 0.3) is 0 Å². The lowest BCUT2D eigenvalue weighted by atomic mass is 10.1. The standard InChI is InChI=1S/C18H27BrN2O3/c1-18(2,3)24-17(23)21-15-11-8-7-10-14(15)20-16(22)12-6-4-5-9-13-19/h7-8,10-11H,4-6,9,12-13H2,1-3H3,(H,20,22)(H,21,23). The Morgan fingerprint density at radius 3 is 2.17 bits per heavy atom. The summed E-state index contributed by atoms with van der Waals surface area (Å²) in [4.78, 5) is 23.9. The second-order valence-corrected chi connectivity index (χ2v) is 7.37. The molecule has 1 rings (SSSR count). The van der Waals surface area contributed by atoms with Gasteiger partial charge in [0.2, 0.25) is 5.91 Å². The van der Waals surface area contributed by atoms with Crippen molar-refractivity contribution in [1.82, 2.24) is 0 Å². The Hall–Kier alpha value is -1.56. The van der Waals surface area contributed by atoms with E-state index in [9.17, 15) is 9.59 Å². The van der Waals surface area contributed by atoms with Gasteiger partial charge in [-0.15, -0.1) is 0 Å². The van der Waals surface area contributed by atoms with Crippen LogP contribution in [0.1, 0.15) is 52.9 Å². The molecule has 0 fully saturated rings. The Morgan fingerprint density at radius 2 is 1.58 bits per heavy atom. The number of para-hydroxylation sites is 2. The van der Waals surface area contributed by atoms with Gasteiger partial charge in [-0.25, -0.2) is 4.79 Å². The van der Waals surface area contributed by atoms with Gasteiger partial charge in [-0.3, -0.25) is 10.1 Å². The topological polar surface area (TPSA) is 67.4 Å². The molecule has 2 N–H and O–H groups in total. The molecule has 0 aliphatic carbocycles. The number of hydrogen-bond acceptors (Lipinski definition) is 3. The third-order valence-electron chi connectivity index (χ3n) is 3.12. The maximum absolute atomic E-state index is 12.0. The fourth-order valence-corrected chi connectivity index (χ4v) is 2.46. The Balaban J connectivity index is 2.53. The van der Waals surface area contributed by atoms with E-state index in [2.05, 4.69) is 26.6 Å². The van der Waals surface area contributed by atoms with E-state index < -0.39 is 11.7 Å². The van der Waals surface area contributed by atoms with E-state index in [1.807, 2.05) is 6.07 Å². The van der Waals surface area contributed by atoms with Crippen molar-refractivity contribution in [1.29, 1.82) is 0 Å². The third-order valence-corrected chi connectivity index (χ3v) is 3.68. The molecular weight excluding hydrogens is 372 g/mol. The molecule has 0 atom stereocenters. The van der Waals surface area contributed by atoms with Crippen LogP contribution in [-0.2, 0) is 9.53 Å². The minimum Gasteiger partial charge on any atom is -0.444 e. The van der Waals surface area contributed by atoms with E-state index >= 15 is 0 Å². The van der Waals surface area contributed by atoms with Gasteiger partial charge < -0.3 is 10.1 Å². The van der Waals surface area contributed by atoms with Crippen molar-refractivity contribution < 1.29 is 14.3 Å². The molecule has 0 bridgehead atoms. The van der Waals surface area contributed by atoms with Crippen molar-refractivity contribution in [2.45, 2.75) is 58.5 Å². The summed E-state index contributed by atoms with van der Waals surface area (Å²) in [7, 11) is 0. The number of unbranched alkanes of at least 4 members (excludes halogenated alkanes) is 3. The van der Waals surface area contributed by atoms with Crippen LogP contribution in [0, 0.1) is 0 Å². The summed E-state index contributed by atoms with van der Waals surface area (Å²) in [5, 5.41) is 6.53. The lowest BCUT2D eigenvalue weighted by Crippen LogP contribution is -2.27. The number of alkyl halides is 1. The number of carbonyl (C=O) groups is 2. The summed E-state index contributed by atoms with van der Waals surface area (Å²) in [5.41, 5.74) is 0.533. The van der Waals surface area contributed by atoms with Gasteiger partial charge in [0.05, 0.1) is 11.4 Å². The Morgan fingerprint density at radius 1 is 1.00 bits per heavy atom. The van der Waals surface area contributed by atoms with Crippen LogP contribution in [0.4, 0.5) is 16.2 Å². The number of carbonyl (C=O) groups excluding carboxylic acids is 2. The maximum atomic E-state index is 12.0. The predicted molar refractivity (Wildman–Crippen MR) is 102 cm³/mol. The van der Waals surface area contributed by atoms with Gasteiger partial charge in [0, 0.05) is 11.8 Å². The Kier molecular flexibility index (Phi) is 8.82. The number of hydrogen-bond donors (Lipinski definition) is 2. The molecule has 0 aliphatic heterocycles. The maximum Gasteiger partial charge on any atom is 0.412 e. The van der Waals surface area contributed by atoms with Crippen LogP contribution in [-0.4, -0.2) is 22.9 Å². The molecular formula is C18H27BrN2O3. The smallest absolute Gasteiger partial charge is 0.412 e. The average molecular weight is 399 g/mol. The molecule has 0 unspecified atom stereocenters. The SMILES string of the molecule is CC(C)(C)OC(=O)Nc1ccccc1NC(=O)CCCCCCBr. The molecule has 0 saturated carbocycles. The summed E-state index contributed by atoms with van der Waals surface area (Å²) in [6.07, 6.45) is 4.08. The summed E-state index contributed by atoms with van der Waals surface area (Å²) in [5.74, 6) is -0.0488. The van der Waals surface area contributed by atoms with Gasteiger partial charge in [-0.1, -0.05) is 40.9 Å². The van der Waals surface area contributed by atoms with Crippen LogP contribution in [0.3, 0.4) is 0 Å². The van der Waals surface area contributed by atoms with Gasteiger partial charge in [-0.05, 0) is 45.7 Å². The highest BCUT2D eigenvalue weighted by Gasteiger charge is 2.17. The van der Waals surface area contributed by atoms with Crippen molar-refractivity contribution in [2.75, 3.05) is 16.0 Å². The molecule has 0 aliphatic rings. The average Bonchev–Trinajstić information content (AvgIpc) is 2.47. The Labute approximate surface area is 152 Å². The molecule has 24 heavy (non-hydrogen) atoms. The van der Waals surface area contributed by atoms with Crippen LogP contribution in [0.15, 0.2) is 24.3 Å². The molecule has 6 heteroatoms. The van der Waals surface area contributed by atoms with Crippen molar-refractivity contribution in [2.24, 2.45) is 0 Å². The minimum atomic E-state index is -0.572. The van der Waals surface area contributed by atoms with Gasteiger partial charge >= 0.3 is 6.09 Å². The number of ether oxygens (including phenoxy) is 1. The lowest BCUT2D eigenvalue weighted by molar-refractivity contribution is -0.116. The first-order valence-corrected chi connectivity index (χ1v) is 9.39. The van der Waals surface area contributed by atoms with Crippen LogP contribution >= 0.6 is 15.9 Å². The number of nitrogens with one attached hydrogen (secondary N) is 2. The zero-order valence-corrected chi connectivity index (χ0v) is 16.2. The van der Waals surface area contributed by atoms with Crippen LogP contribution in [0.5, 0.6) is 0 Å². The van der Waals surface area contributed by atoms with Crippen molar-refractivity contribution in [3.8, 4) is 0 Å². The monoisotopic (exact) mass is 398 g/mol. The summed E-state index contributed by atoms with van der Waals surface area (Å²) in [6, 6.07) is 7.10. The molecule has 0 spiro atoms. The summed E-state index contributed by atoms with van der Waals surface area (Å²) < 4.78 is 5.24. The molecule has 2 amide bonds. The van der Waals surface area contributed by atoms with E-state index in [-0.39, 0.29) is 5.91 Å². The zero-order valence-electron chi connectivity index (χ0n) is 14.7. The van der Waals surface area contributed by atoms with Crippen molar-refractivity contribution in [3.63, 3.8) is 0 Å². The van der Waals surface area contributed by atoms with Crippen LogP contribution < -0.4 is 10.6 Å². The van der Waals surface area contributed by atoms with E-state index in [0.29, 0.717) is 17.8 Å². The van der Waals surface area contributed by atoms with Crippen molar-refractivity contribution >= 4 is 39.3 Å². The summed E-state index contributed by atoms with van der Waals surface area (Å²) >= 11 is 3.40. The van der Waals surface area contributed by atoms with Crippen LogP contribution in [0.2, 0.25) is 0 Å². The fraction of sp³-hybridized carbons (Fsp3) is 0.556. The van der Waals surface area contributed by atoms with E-state index in [4.69, 9.17) is 4.74 Å². The molecule has 1 aromatic carbocycles. The largest absolute Gasteiger partial charge is 0.444 e. The molecule has 0 heterocycles. The third kappa shape index (κ3) is 8.91. The Bertz CT molecular complexity index is 541. The molecule has 0 radical (unpaired) electrons. The number of rotatable bonds is 8. The molecule has 0 saturated heterocycles. The van der Waals surface area contributed by atoms with E-state index in [1.54, 1.807) is 39.0 Å². The zero-order chi connectivity index (χ0) is 18.0. The molecule has 5 nitrogen and oxygen atoms in total. The van der Waals surface area contributed by atoms with Gasteiger partial charge in [0.25, 0.3) is 0 Å². The highest BCUT2D eigenvalue weighted by molar-refractivity contribution is 9.09. The van der Waals surface area contributed by atoms with Gasteiger partial charge in [0.1, 0.15) is 5.60 Å². The number of benzene rings is 1. The summed E-state index contributed by atoms with van der Waals surface area (Å²) in [6.45, 7) is 5.40. The second-order valence-electron chi connectivity index (χ2n) is 6.57. The predicted octanol–water partition coefficient (Wildman–Crippen LogP) is 5.32. The molecule has 1 aromatic rings. The number of halogens is 1. The first-order valence-electron chi connectivity index (χ1n) is 8.26. The van der Waals surface area contributed by atoms with E-state index in [0.717, 1.165) is 31.0 Å². The minimum absolute atomic E-state index is 0.0488. The van der Waals surface area contributed by atoms with Gasteiger partial charge in [0.15, 0.2) is 0 Å². The number of amides is 2. The number of anilines is 2. The fourth-order valence-electron chi connectivity index (χ4n) is 2.06. The molecule has 134 valence electrons. The highest BCUT2D eigenvalue weighted by Crippen LogP contribution is 2.22. The van der Waals surface area contributed by atoms with Gasteiger partial charge in [-0.2, -0.15) is 0 Å². The first-order chi connectivity index (χ1) is 11.3. The van der Waals surface area contributed by atoms with Crippen molar-refractivity contribution in [3.05, 3.63) is 24.3 Å². The second kappa shape index (κ2) is 10.3. The molecule has 0 aromatic heterocycles. The quantitative estimate of drug-likeness (QED) is 0.459. The normalized spacial score (nSPS) is 11.0.